The van der Waals surface area contributed by atoms with Crippen molar-refractivity contribution in [3.63, 3.8) is 0 Å². The molecule has 3 aromatic heterocycles. The third kappa shape index (κ3) is 8.87. The maximum Gasteiger partial charge on any atom is 0.0991 e. The van der Waals surface area contributed by atoms with E-state index in [-0.39, 0.29) is 6.42 Å². The number of rotatable bonds is 12. The Morgan fingerprint density at radius 1 is 0.413 bits per heavy atom. The Labute approximate surface area is 375 Å². The van der Waals surface area contributed by atoms with Crippen LogP contribution in [0.1, 0.15) is 50.8 Å². The summed E-state index contributed by atoms with van der Waals surface area (Å²) in [4.78, 5) is 13.8. The number of hydrogen-bond donors (Lipinski definition) is 0. The highest BCUT2D eigenvalue weighted by Crippen LogP contribution is 2.41. The van der Waals surface area contributed by atoms with Crippen molar-refractivity contribution in [2.45, 2.75) is 44.8 Å². The highest BCUT2D eigenvalue weighted by Gasteiger charge is 2.18. The summed E-state index contributed by atoms with van der Waals surface area (Å²) < 4.78 is 34.3. The largest absolute Gasteiger partial charge is 0.256 e. The second kappa shape index (κ2) is 18.1. The summed E-state index contributed by atoms with van der Waals surface area (Å²) in [5.41, 5.74) is 17.9. The van der Waals surface area contributed by atoms with Gasteiger partial charge in [-0.05, 0) is 160 Å². The third-order valence-electron chi connectivity index (χ3n) is 11.9. The van der Waals surface area contributed by atoms with E-state index in [0.29, 0.717) is 22.4 Å². The van der Waals surface area contributed by atoms with Crippen LogP contribution in [0.15, 0.2) is 195 Å². The molecule has 0 N–H and O–H groups in total. The second-order valence-electron chi connectivity index (χ2n) is 16.0. The smallest absolute Gasteiger partial charge is 0.0991 e. The Balaban J connectivity index is 1.02. The van der Waals surface area contributed by atoms with Gasteiger partial charge in [-0.1, -0.05) is 127 Å². The van der Waals surface area contributed by atoms with Gasteiger partial charge in [0.1, 0.15) is 0 Å². The van der Waals surface area contributed by atoms with Crippen LogP contribution in [-0.4, -0.2) is 15.0 Å². The van der Waals surface area contributed by atoms with Crippen LogP contribution in [0, 0.1) is 11.3 Å². The highest BCUT2D eigenvalue weighted by molar-refractivity contribution is 5.93. The van der Waals surface area contributed by atoms with Crippen molar-refractivity contribution in [3.8, 4) is 73.2 Å². The topological polar surface area (TPSA) is 62.5 Å². The van der Waals surface area contributed by atoms with E-state index in [9.17, 15) is 5.26 Å². The molecule has 0 unspecified atom stereocenters. The van der Waals surface area contributed by atoms with Crippen molar-refractivity contribution in [3.05, 3.63) is 233 Å². The standard InChI is InChI=1S/C59H46N4/c60-39-43-22-24-46(25-23-43)56-37-50(59-38-49-8-7-9-51(49)40-63-59)30-31-55(56)54-11-2-1-10-53(54)52-35-44(16-14-41-18-26-47(27-19-41)57-12-3-5-32-61-57)34-45(36-52)17-15-42-20-28-48(29-21-42)58-13-4-6-33-62-58/h1-6,10-13,18-38,40H,7-9,14-17H2/i8D2,9D2. The van der Waals surface area contributed by atoms with E-state index in [0.717, 1.165) is 87.1 Å². The molecule has 10 rings (SSSR count). The van der Waals surface area contributed by atoms with E-state index >= 15 is 0 Å². The lowest BCUT2D eigenvalue weighted by molar-refractivity contribution is 0.911. The number of benzene rings is 6. The first kappa shape index (κ1) is 34.9. The molecule has 4 heteroatoms. The molecular formula is C59H46N4. The summed E-state index contributed by atoms with van der Waals surface area (Å²) in [6.07, 6.45) is 4.80. The molecule has 0 bridgehead atoms. The molecule has 0 saturated heterocycles. The van der Waals surface area contributed by atoms with Crippen molar-refractivity contribution in [2.24, 2.45) is 0 Å². The fraction of sp³-hybridized carbons (Fsp3) is 0.119. The molecule has 6 aromatic carbocycles. The van der Waals surface area contributed by atoms with Gasteiger partial charge in [0.2, 0.25) is 0 Å². The van der Waals surface area contributed by atoms with Crippen molar-refractivity contribution in [1.82, 2.24) is 15.0 Å². The monoisotopic (exact) mass is 814 g/mol. The fourth-order valence-electron chi connectivity index (χ4n) is 8.54. The van der Waals surface area contributed by atoms with Gasteiger partial charge in [-0.15, -0.1) is 0 Å². The molecule has 4 nitrogen and oxygen atoms in total. The van der Waals surface area contributed by atoms with E-state index in [1.165, 1.54) is 28.5 Å². The first-order valence-corrected chi connectivity index (χ1v) is 21.5. The molecule has 0 saturated carbocycles. The zero-order valence-corrected chi connectivity index (χ0v) is 34.8. The normalized spacial score (nSPS) is 14.4. The van der Waals surface area contributed by atoms with E-state index < -0.39 is 12.7 Å². The number of aryl methyl sites for hydroxylation is 6. The molecule has 1 aliphatic carbocycles. The van der Waals surface area contributed by atoms with Crippen LogP contribution >= 0.6 is 0 Å². The van der Waals surface area contributed by atoms with Crippen LogP contribution in [0.3, 0.4) is 0 Å². The molecule has 63 heavy (non-hydrogen) atoms. The zero-order chi connectivity index (χ0) is 46.0. The molecule has 0 spiro atoms. The van der Waals surface area contributed by atoms with Gasteiger partial charge in [0.15, 0.2) is 0 Å². The molecule has 0 fully saturated rings. The first-order chi connectivity index (χ1) is 32.6. The molecule has 302 valence electrons. The lowest BCUT2D eigenvalue weighted by atomic mass is 9.86. The SMILES string of the molecule is [2H]C1([2H])CC([2H])([2H])c2cc(-c3ccc(-c4ccccc4-c4cc(CCc5ccc(-c6ccccn6)cc5)cc(CCc5ccc(-c6ccccn6)cc5)c4)c(-c4ccc(C#N)cc4)c3)ncc21. The van der Waals surface area contributed by atoms with E-state index in [1.54, 1.807) is 6.07 Å². The first-order valence-electron chi connectivity index (χ1n) is 23.5. The Bertz CT molecular complexity index is 3150. The molecule has 0 aliphatic heterocycles. The Morgan fingerprint density at radius 3 is 1.56 bits per heavy atom. The van der Waals surface area contributed by atoms with Crippen molar-refractivity contribution < 1.29 is 5.48 Å². The zero-order valence-electron chi connectivity index (χ0n) is 38.8. The average Bonchev–Trinajstić information content (AvgIpc) is 3.57. The maximum absolute atomic E-state index is 9.68. The van der Waals surface area contributed by atoms with Crippen molar-refractivity contribution in [1.29, 1.82) is 5.26 Å². The summed E-state index contributed by atoms with van der Waals surface area (Å²) in [5.74, 6) is 0. The molecular weight excluding hydrogens is 765 g/mol. The average molecular weight is 815 g/mol. The number of nitrogens with zero attached hydrogens (tertiary/aromatic N) is 4. The number of hydrogen-bond acceptors (Lipinski definition) is 4. The van der Waals surface area contributed by atoms with Gasteiger partial charge in [0.05, 0.1) is 28.7 Å². The quantitative estimate of drug-likeness (QED) is 0.123. The fourth-order valence-corrected chi connectivity index (χ4v) is 8.54. The number of nitriles is 1. The van der Waals surface area contributed by atoms with E-state index in [2.05, 4.69) is 119 Å². The minimum Gasteiger partial charge on any atom is -0.256 e. The van der Waals surface area contributed by atoms with E-state index in [1.807, 2.05) is 79.1 Å². The molecule has 0 atom stereocenters. The van der Waals surface area contributed by atoms with Gasteiger partial charge >= 0.3 is 0 Å². The molecule has 0 radical (unpaired) electrons. The van der Waals surface area contributed by atoms with Gasteiger partial charge in [-0.2, -0.15) is 5.26 Å². The molecule has 9 aromatic rings. The van der Waals surface area contributed by atoms with Gasteiger partial charge in [-0.3, -0.25) is 15.0 Å². The lowest BCUT2D eigenvalue weighted by Gasteiger charge is -2.18. The Kier molecular flexibility index (Phi) is 10.0. The van der Waals surface area contributed by atoms with Crippen molar-refractivity contribution in [2.75, 3.05) is 0 Å². The lowest BCUT2D eigenvalue weighted by Crippen LogP contribution is -1.98. The summed E-state index contributed by atoms with van der Waals surface area (Å²) in [7, 11) is 0. The van der Waals surface area contributed by atoms with Crippen LogP contribution in [0.25, 0.3) is 67.2 Å². The van der Waals surface area contributed by atoms with Crippen LogP contribution in [0.2, 0.25) is 0 Å². The number of aromatic nitrogens is 3. The number of fused-ring (bicyclic) bond motifs is 1. The van der Waals surface area contributed by atoms with E-state index in [4.69, 9.17) is 10.5 Å². The molecule has 0 amide bonds. The van der Waals surface area contributed by atoms with Crippen LogP contribution in [-0.2, 0) is 38.4 Å². The summed E-state index contributed by atoms with van der Waals surface area (Å²) in [5, 5.41) is 9.68. The summed E-state index contributed by atoms with van der Waals surface area (Å²) in [6.45, 7) is 0. The van der Waals surface area contributed by atoms with Gasteiger partial charge in [0.25, 0.3) is 0 Å². The summed E-state index contributed by atoms with van der Waals surface area (Å²) in [6, 6.07) is 62.8. The van der Waals surface area contributed by atoms with Crippen LogP contribution < -0.4 is 0 Å². The second-order valence-corrected chi connectivity index (χ2v) is 16.0. The van der Waals surface area contributed by atoms with Crippen LogP contribution in [0.4, 0.5) is 0 Å². The summed E-state index contributed by atoms with van der Waals surface area (Å²) >= 11 is 0. The van der Waals surface area contributed by atoms with Crippen LogP contribution in [0.5, 0.6) is 0 Å². The maximum atomic E-state index is 9.68. The minimum atomic E-state index is -1.81. The number of pyridine rings is 3. The predicted octanol–water partition coefficient (Wildman–Crippen LogP) is 13.8. The molecule has 3 heterocycles. The van der Waals surface area contributed by atoms with Crippen molar-refractivity contribution >= 4 is 0 Å². The Hall–Kier alpha value is -7.74. The van der Waals surface area contributed by atoms with Gasteiger partial charge < -0.3 is 0 Å². The highest BCUT2D eigenvalue weighted by atomic mass is 14.7. The minimum absolute atomic E-state index is 0.241. The van der Waals surface area contributed by atoms with Gasteiger partial charge in [-0.25, -0.2) is 0 Å². The third-order valence-corrected chi connectivity index (χ3v) is 11.9. The predicted molar refractivity (Wildman–Crippen MR) is 257 cm³/mol. The molecule has 1 aliphatic rings. The van der Waals surface area contributed by atoms with Gasteiger partial charge in [0, 0.05) is 40.8 Å². The Morgan fingerprint density at radius 2 is 0.952 bits per heavy atom.